The summed E-state index contributed by atoms with van der Waals surface area (Å²) in [6.07, 6.45) is 8.37. The summed E-state index contributed by atoms with van der Waals surface area (Å²) >= 11 is 0. The number of Topliss-reactive ketones (excluding diaryl/α,β-unsaturated/α-hetero) is 1. The first kappa shape index (κ1) is 19.2. The Morgan fingerprint density at radius 1 is 1.16 bits per heavy atom. The van der Waals surface area contributed by atoms with Crippen molar-refractivity contribution in [3.63, 3.8) is 0 Å². The van der Waals surface area contributed by atoms with Crippen LogP contribution < -0.4 is 0 Å². The van der Waals surface area contributed by atoms with E-state index in [0.717, 1.165) is 60.0 Å². The maximum atomic E-state index is 12.6. The van der Waals surface area contributed by atoms with Gasteiger partial charge in [-0.15, -0.1) is 0 Å². The number of benzene rings is 1. The van der Waals surface area contributed by atoms with Crippen molar-refractivity contribution >= 4 is 33.5 Å². The zero-order valence-corrected chi connectivity index (χ0v) is 17.8. The standard InChI is InChI=1S/C25H24N4O3/c1-16(17-2-4-20-21(12-17)28-32-27-20)29-10-7-25(8-11-29)14-19(25)3-5-22(30)23-13-18-6-9-26-15-24(18)31-23/h2,4,6,9,12-13,15,19H,1,3,5,7-8,10-11,14H2. The summed E-state index contributed by atoms with van der Waals surface area (Å²) in [6.45, 7) is 6.32. The van der Waals surface area contributed by atoms with Gasteiger partial charge in [0.1, 0.15) is 11.0 Å². The number of piperidine rings is 1. The smallest absolute Gasteiger partial charge is 0.198 e. The van der Waals surface area contributed by atoms with Crippen LogP contribution in [0.15, 0.2) is 58.4 Å². The monoisotopic (exact) mass is 428 g/mol. The van der Waals surface area contributed by atoms with Gasteiger partial charge in [0.25, 0.3) is 0 Å². The van der Waals surface area contributed by atoms with Gasteiger partial charge in [-0.25, -0.2) is 4.63 Å². The summed E-state index contributed by atoms with van der Waals surface area (Å²) in [5.74, 6) is 1.17. The minimum Gasteiger partial charge on any atom is -0.451 e. The van der Waals surface area contributed by atoms with Crippen molar-refractivity contribution in [1.82, 2.24) is 20.2 Å². The van der Waals surface area contributed by atoms with E-state index in [1.807, 2.05) is 30.3 Å². The first-order valence-electron chi connectivity index (χ1n) is 11.1. The van der Waals surface area contributed by atoms with E-state index in [-0.39, 0.29) is 5.78 Å². The van der Waals surface area contributed by atoms with Crippen LogP contribution in [0.1, 0.15) is 48.2 Å². The molecule has 1 saturated heterocycles. The number of hydrogen-bond donors (Lipinski definition) is 0. The van der Waals surface area contributed by atoms with E-state index in [4.69, 9.17) is 9.05 Å². The topological polar surface area (TPSA) is 85.3 Å². The predicted molar refractivity (Wildman–Crippen MR) is 120 cm³/mol. The van der Waals surface area contributed by atoms with Gasteiger partial charge in [0.15, 0.2) is 17.1 Å². The van der Waals surface area contributed by atoms with Gasteiger partial charge in [-0.1, -0.05) is 12.6 Å². The van der Waals surface area contributed by atoms with Gasteiger partial charge in [0, 0.05) is 36.8 Å². The first-order chi connectivity index (χ1) is 15.6. The number of carbonyl (C=O) groups is 1. The number of ketones is 1. The van der Waals surface area contributed by atoms with Crippen molar-refractivity contribution in [1.29, 1.82) is 0 Å². The summed E-state index contributed by atoms with van der Waals surface area (Å²) in [6, 6.07) is 9.63. The fourth-order valence-corrected chi connectivity index (χ4v) is 5.27. The van der Waals surface area contributed by atoms with Crippen LogP contribution in [0.25, 0.3) is 27.7 Å². The number of aromatic nitrogens is 3. The zero-order valence-electron chi connectivity index (χ0n) is 17.8. The highest BCUT2D eigenvalue weighted by Gasteiger charge is 2.54. The lowest BCUT2D eigenvalue weighted by molar-refractivity contribution is 0.0950. The molecule has 32 heavy (non-hydrogen) atoms. The molecule has 1 spiro atoms. The molecule has 4 heterocycles. The van der Waals surface area contributed by atoms with Gasteiger partial charge >= 0.3 is 0 Å². The fourth-order valence-electron chi connectivity index (χ4n) is 5.27. The molecule has 1 saturated carbocycles. The van der Waals surface area contributed by atoms with Gasteiger partial charge < -0.3 is 9.32 Å². The number of rotatable bonds is 6. The number of fused-ring (bicyclic) bond motifs is 2. The van der Waals surface area contributed by atoms with Crippen molar-refractivity contribution in [2.24, 2.45) is 11.3 Å². The molecule has 0 radical (unpaired) electrons. The Labute approximate surface area is 185 Å². The second-order valence-corrected chi connectivity index (χ2v) is 9.15. The Hall–Kier alpha value is -3.48. The molecule has 7 nitrogen and oxygen atoms in total. The number of hydrogen-bond acceptors (Lipinski definition) is 7. The predicted octanol–water partition coefficient (Wildman–Crippen LogP) is 5.10. The van der Waals surface area contributed by atoms with Crippen LogP contribution in [-0.4, -0.2) is 39.1 Å². The molecule has 2 fully saturated rings. The molecular weight excluding hydrogens is 404 g/mol. The summed E-state index contributed by atoms with van der Waals surface area (Å²) < 4.78 is 10.5. The van der Waals surface area contributed by atoms with Gasteiger partial charge in [0.05, 0.1) is 6.20 Å². The van der Waals surface area contributed by atoms with E-state index in [1.54, 1.807) is 12.4 Å². The Bertz CT molecular complexity index is 1300. The van der Waals surface area contributed by atoms with Crippen LogP contribution in [0.2, 0.25) is 0 Å². The average Bonchev–Trinajstić information content (AvgIpc) is 3.18. The highest BCUT2D eigenvalue weighted by Crippen LogP contribution is 2.61. The molecule has 1 unspecified atom stereocenters. The molecule has 6 rings (SSSR count). The third kappa shape index (κ3) is 3.28. The molecule has 1 atom stereocenters. The molecule has 0 N–H and O–H groups in total. The maximum absolute atomic E-state index is 12.6. The summed E-state index contributed by atoms with van der Waals surface area (Å²) in [5.41, 5.74) is 4.66. The van der Waals surface area contributed by atoms with Crippen LogP contribution >= 0.6 is 0 Å². The fraction of sp³-hybridized carbons (Fsp3) is 0.360. The van der Waals surface area contributed by atoms with Gasteiger partial charge in [-0.3, -0.25) is 9.78 Å². The van der Waals surface area contributed by atoms with Crippen molar-refractivity contribution in [3.8, 4) is 0 Å². The van der Waals surface area contributed by atoms with Crippen molar-refractivity contribution < 1.29 is 13.8 Å². The summed E-state index contributed by atoms with van der Waals surface area (Å²) in [4.78, 5) is 19.1. The van der Waals surface area contributed by atoms with Crippen LogP contribution in [0.4, 0.5) is 0 Å². The van der Waals surface area contributed by atoms with Gasteiger partial charge in [0.2, 0.25) is 0 Å². The maximum Gasteiger partial charge on any atom is 0.198 e. The quantitative estimate of drug-likeness (QED) is 0.395. The Balaban J connectivity index is 1.03. The van der Waals surface area contributed by atoms with Crippen LogP contribution in [-0.2, 0) is 0 Å². The number of carbonyl (C=O) groups excluding carboxylic acids is 1. The molecule has 7 heteroatoms. The van der Waals surface area contributed by atoms with Gasteiger partial charge in [-0.2, -0.15) is 0 Å². The van der Waals surface area contributed by atoms with Crippen molar-refractivity contribution in [3.05, 3.63) is 60.6 Å². The molecule has 4 aromatic rings. The lowest BCUT2D eigenvalue weighted by atomic mass is 9.88. The number of likely N-dealkylation sites (tertiary alicyclic amines) is 1. The Morgan fingerprint density at radius 2 is 2.00 bits per heavy atom. The Kier molecular flexibility index (Phi) is 4.38. The summed E-state index contributed by atoms with van der Waals surface area (Å²) in [7, 11) is 0. The summed E-state index contributed by atoms with van der Waals surface area (Å²) in [5, 5.41) is 8.73. The molecule has 1 aromatic carbocycles. The minimum absolute atomic E-state index is 0.0896. The van der Waals surface area contributed by atoms with E-state index in [9.17, 15) is 4.79 Å². The molecule has 0 amide bonds. The molecule has 1 aliphatic carbocycles. The molecule has 3 aromatic heterocycles. The first-order valence-corrected chi connectivity index (χ1v) is 11.1. The largest absolute Gasteiger partial charge is 0.451 e. The zero-order chi connectivity index (χ0) is 21.7. The van der Waals surface area contributed by atoms with Gasteiger partial charge in [-0.05, 0) is 77.2 Å². The highest BCUT2D eigenvalue weighted by molar-refractivity contribution is 5.97. The lowest BCUT2D eigenvalue weighted by Crippen LogP contribution is -2.33. The third-order valence-corrected chi connectivity index (χ3v) is 7.40. The van der Waals surface area contributed by atoms with E-state index < -0.39 is 0 Å². The third-order valence-electron chi connectivity index (χ3n) is 7.40. The van der Waals surface area contributed by atoms with Crippen molar-refractivity contribution in [2.45, 2.75) is 32.1 Å². The molecule has 2 aliphatic rings. The molecule has 1 aliphatic heterocycles. The van der Waals surface area contributed by atoms with Crippen LogP contribution in [0.5, 0.6) is 0 Å². The number of pyridine rings is 1. The van der Waals surface area contributed by atoms with E-state index in [2.05, 4.69) is 26.8 Å². The van der Waals surface area contributed by atoms with Crippen LogP contribution in [0.3, 0.4) is 0 Å². The molecular formula is C25H24N4O3. The normalized spacial score (nSPS) is 19.6. The number of furan rings is 1. The van der Waals surface area contributed by atoms with Crippen molar-refractivity contribution in [2.75, 3.05) is 13.1 Å². The SMILES string of the molecule is C=C(c1ccc2nonc2c1)N1CCC2(CC1)CC2CCC(=O)c1cc2ccncc2o1. The van der Waals surface area contributed by atoms with E-state index >= 15 is 0 Å². The average molecular weight is 428 g/mol. The van der Waals surface area contributed by atoms with E-state index in [1.165, 1.54) is 6.42 Å². The Morgan fingerprint density at radius 3 is 2.84 bits per heavy atom. The molecule has 162 valence electrons. The number of nitrogens with zero attached hydrogens (tertiary/aromatic N) is 4. The second kappa shape index (κ2) is 7.29. The van der Waals surface area contributed by atoms with Crippen LogP contribution in [0, 0.1) is 11.3 Å². The second-order valence-electron chi connectivity index (χ2n) is 9.15. The lowest BCUT2D eigenvalue weighted by Gasteiger charge is -2.36. The molecule has 0 bridgehead atoms. The van der Waals surface area contributed by atoms with E-state index in [0.29, 0.717) is 29.1 Å². The highest BCUT2D eigenvalue weighted by atomic mass is 16.6. The minimum atomic E-state index is 0.0896.